The van der Waals surface area contributed by atoms with Crippen molar-refractivity contribution in [3.05, 3.63) is 96.2 Å². The van der Waals surface area contributed by atoms with Crippen molar-refractivity contribution in [1.82, 2.24) is 0 Å². The Kier molecular flexibility index (Phi) is 4.24. The van der Waals surface area contributed by atoms with Crippen molar-refractivity contribution in [1.29, 1.82) is 0 Å². The van der Waals surface area contributed by atoms with Gasteiger partial charge in [-0.25, -0.2) is 5.01 Å². The molecule has 3 rings (SSSR count). The van der Waals surface area contributed by atoms with Gasteiger partial charge in [0.1, 0.15) is 0 Å². The summed E-state index contributed by atoms with van der Waals surface area (Å²) in [6, 6.07) is 16.7. The summed E-state index contributed by atoms with van der Waals surface area (Å²) in [5.74, 6) is 0. The maximum atomic E-state index is 4.76. The van der Waals surface area contributed by atoms with E-state index in [0.29, 0.717) is 0 Å². The molecule has 1 aliphatic heterocycles. The Morgan fingerprint density at radius 2 is 1.96 bits per heavy atom. The average Bonchev–Trinajstić information content (AvgIpc) is 2.57. The summed E-state index contributed by atoms with van der Waals surface area (Å²) in [7, 11) is 0. The molecule has 2 aromatic carbocycles. The number of hydrogen-bond donors (Lipinski definition) is 0. The lowest BCUT2D eigenvalue weighted by atomic mass is 10.0. The molecule has 0 spiro atoms. The molecule has 0 bridgehead atoms. The monoisotopic (exact) mass is 300 g/mol. The van der Waals surface area contributed by atoms with Gasteiger partial charge in [0, 0.05) is 12.6 Å². The van der Waals surface area contributed by atoms with Crippen molar-refractivity contribution in [2.75, 3.05) is 5.01 Å². The second kappa shape index (κ2) is 6.49. The molecule has 0 saturated heterocycles. The Balaban J connectivity index is 1.88. The van der Waals surface area contributed by atoms with E-state index in [-0.39, 0.29) is 0 Å². The normalized spacial score (nSPS) is 13.9. The Labute approximate surface area is 137 Å². The van der Waals surface area contributed by atoms with Gasteiger partial charge in [-0.15, -0.1) is 0 Å². The van der Waals surface area contributed by atoms with Crippen molar-refractivity contribution in [3.8, 4) is 0 Å². The number of aryl methyl sites for hydroxylation is 1. The quantitative estimate of drug-likeness (QED) is 0.764. The Morgan fingerprint density at radius 1 is 1.13 bits per heavy atom. The largest absolute Gasteiger partial charge is 0.241 e. The van der Waals surface area contributed by atoms with Gasteiger partial charge in [-0.1, -0.05) is 61.2 Å². The summed E-state index contributed by atoms with van der Waals surface area (Å²) in [5, 5.41) is 6.66. The minimum atomic E-state index is 0.780. The van der Waals surface area contributed by atoms with Crippen LogP contribution in [0.2, 0.25) is 0 Å². The molecule has 114 valence electrons. The first kappa shape index (κ1) is 15.0. The van der Waals surface area contributed by atoms with Crippen molar-refractivity contribution in [3.63, 3.8) is 0 Å². The molecule has 1 aliphatic rings. The minimum Gasteiger partial charge on any atom is -0.241 e. The highest BCUT2D eigenvalue weighted by molar-refractivity contribution is 6.04. The number of anilines is 1. The van der Waals surface area contributed by atoms with E-state index in [1.54, 1.807) is 0 Å². The van der Waals surface area contributed by atoms with Crippen molar-refractivity contribution in [2.45, 2.75) is 13.3 Å². The first-order valence-electron chi connectivity index (χ1n) is 7.68. The lowest BCUT2D eigenvalue weighted by molar-refractivity contribution is 1.04. The molecule has 0 aliphatic carbocycles. The number of benzene rings is 2. The summed E-state index contributed by atoms with van der Waals surface area (Å²) in [6.45, 7) is 10.0. The summed E-state index contributed by atoms with van der Waals surface area (Å²) >= 11 is 0. The van der Waals surface area contributed by atoms with Crippen LogP contribution in [-0.2, 0) is 6.42 Å². The van der Waals surface area contributed by atoms with E-state index in [9.17, 15) is 0 Å². The van der Waals surface area contributed by atoms with Crippen LogP contribution in [0.5, 0.6) is 0 Å². The summed E-state index contributed by atoms with van der Waals surface area (Å²) in [6.07, 6.45) is 6.58. The first-order valence-corrected chi connectivity index (χ1v) is 7.68. The van der Waals surface area contributed by atoms with E-state index in [1.165, 1.54) is 11.1 Å². The second-order valence-electron chi connectivity index (χ2n) is 5.70. The number of hydrogen-bond acceptors (Lipinski definition) is 2. The van der Waals surface area contributed by atoms with Crippen molar-refractivity contribution < 1.29 is 0 Å². The van der Waals surface area contributed by atoms with Crippen molar-refractivity contribution in [2.24, 2.45) is 5.10 Å². The zero-order chi connectivity index (χ0) is 16.2. The fourth-order valence-electron chi connectivity index (χ4n) is 2.59. The molecule has 2 aromatic rings. The maximum Gasteiger partial charge on any atom is 0.0724 e. The second-order valence-corrected chi connectivity index (χ2v) is 5.70. The molecular formula is C21H20N2. The van der Waals surface area contributed by atoms with Crippen LogP contribution in [0.4, 0.5) is 5.69 Å². The molecule has 0 saturated carbocycles. The molecule has 23 heavy (non-hydrogen) atoms. The summed E-state index contributed by atoms with van der Waals surface area (Å²) in [4.78, 5) is 0. The third kappa shape index (κ3) is 3.49. The Bertz CT molecular complexity index is 812. The van der Waals surface area contributed by atoms with Gasteiger partial charge in [-0.05, 0) is 41.8 Å². The fraction of sp³-hybridized carbons (Fsp3) is 0.0952. The van der Waals surface area contributed by atoms with Gasteiger partial charge in [0.25, 0.3) is 0 Å². The van der Waals surface area contributed by atoms with Gasteiger partial charge in [-0.2, -0.15) is 5.10 Å². The van der Waals surface area contributed by atoms with E-state index in [4.69, 9.17) is 5.10 Å². The van der Waals surface area contributed by atoms with Crippen LogP contribution in [-0.4, -0.2) is 5.71 Å². The predicted octanol–water partition coefficient (Wildman–Crippen LogP) is 5.13. The van der Waals surface area contributed by atoms with Crippen LogP contribution in [0.3, 0.4) is 0 Å². The van der Waals surface area contributed by atoms with E-state index >= 15 is 0 Å². The standard InChI is InChI=1S/C21H20N2/c1-4-18-8-6-10-20(14-18)23-12-11-17(3)21(22-23)15-19-9-5-7-16(2)13-19/h4-14H,1,3,15H2,2H3. The van der Waals surface area contributed by atoms with Gasteiger partial charge < -0.3 is 0 Å². The van der Waals surface area contributed by atoms with E-state index in [1.807, 2.05) is 41.6 Å². The lowest BCUT2D eigenvalue weighted by Crippen LogP contribution is -2.19. The first-order chi connectivity index (χ1) is 11.2. The topological polar surface area (TPSA) is 15.6 Å². The SMILES string of the molecule is C=Cc1cccc(N2C=CC(=C)C(Cc3cccc(C)c3)=N2)c1. The fourth-order valence-corrected chi connectivity index (χ4v) is 2.59. The van der Waals surface area contributed by atoms with E-state index < -0.39 is 0 Å². The van der Waals surface area contributed by atoms with Gasteiger partial charge in [-0.3, -0.25) is 0 Å². The van der Waals surface area contributed by atoms with Gasteiger partial charge in [0.15, 0.2) is 0 Å². The number of rotatable bonds is 4. The van der Waals surface area contributed by atoms with Gasteiger partial charge in [0.05, 0.1) is 11.4 Å². The van der Waals surface area contributed by atoms with Gasteiger partial charge >= 0.3 is 0 Å². The van der Waals surface area contributed by atoms with Crippen molar-refractivity contribution >= 4 is 17.5 Å². The Morgan fingerprint density at radius 3 is 2.74 bits per heavy atom. The highest BCUT2D eigenvalue weighted by Crippen LogP contribution is 2.22. The maximum absolute atomic E-state index is 4.76. The molecule has 1 heterocycles. The Hall–Kier alpha value is -2.87. The molecule has 0 aromatic heterocycles. The molecule has 2 heteroatoms. The summed E-state index contributed by atoms with van der Waals surface area (Å²) < 4.78 is 0. The number of nitrogens with zero attached hydrogens (tertiary/aromatic N) is 2. The van der Waals surface area contributed by atoms with E-state index in [0.717, 1.165) is 29.0 Å². The van der Waals surface area contributed by atoms with Crippen LogP contribution in [0.15, 0.2) is 84.6 Å². The predicted molar refractivity (Wildman–Crippen MR) is 99.6 cm³/mol. The molecule has 0 unspecified atom stereocenters. The summed E-state index contributed by atoms with van der Waals surface area (Å²) in [5.41, 5.74) is 6.56. The van der Waals surface area contributed by atoms with Crippen LogP contribution in [0.1, 0.15) is 16.7 Å². The smallest absolute Gasteiger partial charge is 0.0724 e. The highest BCUT2D eigenvalue weighted by Gasteiger charge is 2.13. The van der Waals surface area contributed by atoms with Crippen LogP contribution in [0.25, 0.3) is 6.08 Å². The van der Waals surface area contributed by atoms with Gasteiger partial charge in [0.2, 0.25) is 0 Å². The molecule has 0 N–H and O–H groups in total. The third-order valence-electron chi connectivity index (χ3n) is 3.84. The molecular weight excluding hydrogens is 280 g/mol. The van der Waals surface area contributed by atoms with Crippen LogP contribution in [0, 0.1) is 6.92 Å². The molecule has 0 fully saturated rings. The highest BCUT2D eigenvalue weighted by atomic mass is 15.4. The average molecular weight is 300 g/mol. The zero-order valence-electron chi connectivity index (χ0n) is 13.4. The van der Waals surface area contributed by atoms with Crippen LogP contribution < -0.4 is 5.01 Å². The third-order valence-corrected chi connectivity index (χ3v) is 3.84. The number of hydrazone groups is 1. The molecule has 0 amide bonds. The number of allylic oxidation sites excluding steroid dienone is 2. The lowest BCUT2D eigenvalue weighted by Gasteiger charge is -2.22. The van der Waals surface area contributed by atoms with E-state index in [2.05, 4.69) is 50.4 Å². The molecule has 2 nitrogen and oxygen atoms in total. The zero-order valence-corrected chi connectivity index (χ0v) is 13.4. The minimum absolute atomic E-state index is 0.780. The van der Waals surface area contributed by atoms with Crippen LogP contribution >= 0.6 is 0 Å². The molecule has 0 atom stereocenters. The molecule has 0 radical (unpaired) electrons.